The third-order valence-electron chi connectivity index (χ3n) is 4.60. The van der Waals surface area contributed by atoms with E-state index >= 15 is 0 Å². The SMILES string of the molecule is CN(Cc1ccc2ccccc2n1)C1CCCC1S(C)(=O)=O. The Morgan fingerprint density at radius 1 is 1.18 bits per heavy atom. The predicted molar refractivity (Wildman–Crippen MR) is 89.5 cm³/mol. The molecule has 3 rings (SSSR count). The number of pyridine rings is 1. The van der Waals surface area contributed by atoms with Gasteiger partial charge in [0, 0.05) is 24.2 Å². The molecule has 5 heteroatoms. The molecule has 0 spiro atoms. The minimum absolute atomic E-state index is 0.100. The van der Waals surface area contributed by atoms with Crippen LogP contribution in [0.25, 0.3) is 10.9 Å². The highest BCUT2D eigenvalue weighted by atomic mass is 32.2. The third kappa shape index (κ3) is 3.15. The molecule has 1 heterocycles. The fourth-order valence-corrected chi connectivity index (χ4v) is 4.99. The summed E-state index contributed by atoms with van der Waals surface area (Å²) in [5.74, 6) is 0. The van der Waals surface area contributed by atoms with Crippen LogP contribution < -0.4 is 0 Å². The Morgan fingerprint density at radius 3 is 2.73 bits per heavy atom. The number of benzene rings is 1. The molecule has 0 N–H and O–H groups in total. The van der Waals surface area contributed by atoms with Crippen molar-refractivity contribution in [2.75, 3.05) is 13.3 Å². The molecule has 1 aliphatic rings. The van der Waals surface area contributed by atoms with Crippen molar-refractivity contribution in [2.24, 2.45) is 0 Å². The smallest absolute Gasteiger partial charge is 0.151 e. The Labute approximate surface area is 132 Å². The van der Waals surface area contributed by atoms with Crippen LogP contribution in [0, 0.1) is 0 Å². The highest BCUT2D eigenvalue weighted by Gasteiger charge is 2.37. The first-order chi connectivity index (χ1) is 10.4. The number of para-hydroxylation sites is 1. The number of aromatic nitrogens is 1. The van der Waals surface area contributed by atoms with Gasteiger partial charge in [-0.3, -0.25) is 9.88 Å². The molecule has 0 radical (unpaired) electrons. The minimum atomic E-state index is -2.99. The Bertz CT molecular complexity index is 773. The summed E-state index contributed by atoms with van der Waals surface area (Å²) < 4.78 is 23.9. The van der Waals surface area contributed by atoms with Crippen molar-refractivity contribution in [3.63, 3.8) is 0 Å². The first-order valence-corrected chi connectivity index (χ1v) is 9.64. The summed E-state index contributed by atoms with van der Waals surface area (Å²) in [6.45, 7) is 0.682. The molecule has 4 nitrogen and oxygen atoms in total. The van der Waals surface area contributed by atoms with Crippen LogP contribution in [0.3, 0.4) is 0 Å². The summed E-state index contributed by atoms with van der Waals surface area (Å²) >= 11 is 0. The van der Waals surface area contributed by atoms with Crippen molar-refractivity contribution in [2.45, 2.75) is 37.1 Å². The van der Waals surface area contributed by atoms with Crippen molar-refractivity contribution in [1.29, 1.82) is 0 Å². The molecule has 1 saturated carbocycles. The van der Waals surface area contributed by atoms with Gasteiger partial charge in [0.1, 0.15) is 0 Å². The summed E-state index contributed by atoms with van der Waals surface area (Å²) in [6, 6.07) is 12.3. The second-order valence-corrected chi connectivity index (χ2v) is 8.54. The number of nitrogens with zero attached hydrogens (tertiary/aromatic N) is 2. The monoisotopic (exact) mass is 318 g/mol. The molecule has 0 aliphatic heterocycles. The molecule has 1 aromatic heterocycles. The molecular formula is C17H22N2O2S. The van der Waals surface area contributed by atoms with E-state index in [0.717, 1.165) is 35.9 Å². The number of fused-ring (bicyclic) bond motifs is 1. The van der Waals surface area contributed by atoms with Gasteiger partial charge in [-0.25, -0.2) is 8.42 Å². The molecular weight excluding hydrogens is 296 g/mol. The summed E-state index contributed by atoms with van der Waals surface area (Å²) in [5, 5.41) is 0.890. The van der Waals surface area contributed by atoms with Gasteiger partial charge in [-0.05, 0) is 32.0 Å². The van der Waals surface area contributed by atoms with Crippen LogP contribution in [0.1, 0.15) is 25.0 Å². The van der Waals surface area contributed by atoms with Gasteiger partial charge in [-0.2, -0.15) is 0 Å². The molecule has 2 atom stereocenters. The van der Waals surface area contributed by atoms with Gasteiger partial charge < -0.3 is 0 Å². The number of rotatable bonds is 4. The Morgan fingerprint density at radius 2 is 1.95 bits per heavy atom. The zero-order chi connectivity index (χ0) is 15.7. The van der Waals surface area contributed by atoms with Gasteiger partial charge in [0.15, 0.2) is 9.84 Å². The first-order valence-electron chi connectivity index (χ1n) is 7.69. The largest absolute Gasteiger partial charge is 0.296 e. The van der Waals surface area contributed by atoms with Crippen LogP contribution in [0.4, 0.5) is 0 Å². The summed E-state index contributed by atoms with van der Waals surface area (Å²) in [5.41, 5.74) is 1.97. The topological polar surface area (TPSA) is 50.3 Å². The molecule has 0 bridgehead atoms. The van der Waals surface area contributed by atoms with Crippen molar-refractivity contribution in [1.82, 2.24) is 9.88 Å². The summed E-state index contributed by atoms with van der Waals surface area (Å²) in [7, 11) is -0.981. The summed E-state index contributed by atoms with van der Waals surface area (Å²) in [4.78, 5) is 6.83. The van der Waals surface area contributed by atoms with Gasteiger partial charge in [0.05, 0.1) is 16.5 Å². The molecule has 2 aromatic rings. The first kappa shape index (κ1) is 15.4. The zero-order valence-electron chi connectivity index (χ0n) is 13.1. The lowest BCUT2D eigenvalue weighted by molar-refractivity contribution is 0.236. The lowest BCUT2D eigenvalue weighted by Crippen LogP contribution is -2.41. The van der Waals surface area contributed by atoms with Gasteiger partial charge in [-0.1, -0.05) is 30.7 Å². The van der Waals surface area contributed by atoms with Crippen LogP contribution in [-0.4, -0.2) is 42.9 Å². The van der Waals surface area contributed by atoms with E-state index in [1.165, 1.54) is 6.26 Å². The van der Waals surface area contributed by atoms with Gasteiger partial charge >= 0.3 is 0 Å². The van der Waals surface area contributed by atoms with Crippen LogP contribution in [-0.2, 0) is 16.4 Å². The third-order valence-corrected chi connectivity index (χ3v) is 6.25. The van der Waals surface area contributed by atoms with Crippen LogP contribution in [0.15, 0.2) is 36.4 Å². The molecule has 1 aromatic carbocycles. The normalized spacial score (nSPS) is 22.5. The number of hydrogen-bond acceptors (Lipinski definition) is 4. The highest BCUT2D eigenvalue weighted by molar-refractivity contribution is 7.91. The van der Waals surface area contributed by atoms with Gasteiger partial charge in [-0.15, -0.1) is 0 Å². The van der Waals surface area contributed by atoms with Gasteiger partial charge in [0.25, 0.3) is 0 Å². The molecule has 0 saturated heterocycles. The van der Waals surface area contributed by atoms with E-state index in [-0.39, 0.29) is 11.3 Å². The maximum absolute atomic E-state index is 11.9. The van der Waals surface area contributed by atoms with E-state index in [9.17, 15) is 8.42 Å². The molecule has 2 unspecified atom stereocenters. The van der Waals surface area contributed by atoms with Crippen molar-refractivity contribution in [3.8, 4) is 0 Å². The van der Waals surface area contributed by atoms with E-state index in [4.69, 9.17) is 0 Å². The van der Waals surface area contributed by atoms with Crippen molar-refractivity contribution >= 4 is 20.7 Å². The average Bonchev–Trinajstić information content (AvgIpc) is 2.97. The maximum Gasteiger partial charge on any atom is 0.151 e. The maximum atomic E-state index is 11.9. The lowest BCUT2D eigenvalue weighted by Gasteiger charge is -2.28. The van der Waals surface area contributed by atoms with E-state index < -0.39 is 9.84 Å². The Balaban J connectivity index is 1.79. The molecule has 118 valence electrons. The standard InChI is InChI=1S/C17H22N2O2S/c1-19(16-8-5-9-17(16)22(2,20)21)12-14-11-10-13-6-3-4-7-15(13)18-14/h3-4,6-7,10-11,16-17H,5,8-9,12H2,1-2H3. The minimum Gasteiger partial charge on any atom is -0.296 e. The molecule has 1 fully saturated rings. The quantitative estimate of drug-likeness (QED) is 0.869. The van der Waals surface area contributed by atoms with E-state index in [1.54, 1.807) is 0 Å². The van der Waals surface area contributed by atoms with Crippen LogP contribution in [0.5, 0.6) is 0 Å². The lowest BCUT2D eigenvalue weighted by atomic mass is 10.2. The van der Waals surface area contributed by atoms with Gasteiger partial charge in [0.2, 0.25) is 0 Å². The van der Waals surface area contributed by atoms with E-state index in [0.29, 0.717) is 6.54 Å². The van der Waals surface area contributed by atoms with Crippen molar-refractivity contribution < 1.29 is 8.42 Å². The molecule has 1 aliphatic carbocycles. The van der Waals surface area contributed by atoms with E-state index in [2.05, 4.69) is 16.0 Å². The van der Waals surface area contributed by atoms with Crippen LogP contribution in [0.2, 0.25) is 0 Å². The van der Waals surface area contributed by atoms with Crippen molar-refractivity contribution in [3.05, 3.63) is 42.1 Å². The number of hydrogen-bond donors (Lipinski definition) is 0. The number of sulfone groups is 1. The van der Waals surface area contributed by atoms with E-state index in [1.807, 2.05) is 37.4 Å². The molecule has 0 amide bonds. The van der Waals surface area contributed by atoms with Crippen LogP contribution >= 0.6 is 0 Å². The second kappa shape index (κ2) is 5.97. The highest BCUT2D eigenvalue weighted by Crippen LogP contribution is 2.29. The second-order valence-electron chi connectivity index (χ2n) is 6.28. The fraction of sp³-hybridized carbons (Fsp3) is 0.471. The molecule has 22 heavy (non-hydrogen) atoms. The Hall–Kier alpha value is -1.46. The Kier molecular flexibility index (Phi) is 4.19. The fourth-order valence-electron chi connectivity index (χ4n) is 3.48. The summed E-state index contributed by atoms with van der Waals surface area (Å²) in [6.07, 6.45) is 4.07. The average molecular weight is 318 g/mol. The zero-order valence-corrected chi connectivity index (χ0v) is 13.9. The predicted octanol–water partition coefficient (Wildman–Crippen LogP) is 2.63.